The Labute approximate surface area is 216 Å². The molecule has 0 aromatic heterocycles. The monoisotopic (exact) mass is 510 g/mol. The Balaban J connectivity index is 1.67. The van der Waals surface area contributed by atoms with Gasteiger partial charge in [-0.2, -0.15) is 0 Å². The Morgan fingerprint density at radius 3 is 2.14 bits per heavy atom. The fourth-order valence-corrected chi connectivity index (χ4v) is 3.42. The van der Waals surface area contributed by atoms with E-state index in [4.69, 9.17) is 14.2 Å². The van der Waals surface area contributed by atoms with Gasteiger partial charge in [-0.15, -0.1) is 0 Å². The number of ether oxygens (including phenoxy) is 3. The Morgan fingerprint density at radius 2 is 1.51 bits per heavy atom. The summed E-state index contributed by atoms with van der Waals surface area (Å²) in [5, 5.41) is 5.10. The van der Waals surface area contributed by atoms with Crippen molar-refractivity contribution in [3.8, 4) is 0 Å². The molecule has 1 saturated carbocycles. The molecule has 0 bridgehead atoms. The van der Waals surface area contributed by atoms with Crippen LogP contribution in [0.3, 0.4) is 0 Å². The van der Waals surface area contributed by atoms with E-state index in [0.29, 0.717) is 6.42 Å². The minimum absolute atomic E-state index is 0.00763. The minimum atomic E-state index is -1.30. The highest BCUT2D eigenvalue weighted by Gasteiger charge is 2.33. The zero-order chi connectivity index (χ0) is 26.5. The number of amides is 2. The Hall–Kier alpha value is -3.88. The van der Waals surface area contributed by atoms with Crippen LogP contribution in [0.4, 0.5) is 4.79 Å². The van der Waals surface area contributed by atoms with Crippen molar-refractivity contribution in [2.24, 2.45) is 0 Å². The van der Waals surface area contributed by atoms with Gasteiger partial charge in [0.25, 0.3) is 0 Å². The van der Waals surface area contributed by atoms with E-state index in [-0.39, 0.29) is 25.7 Å². The molecule has 1 aliphatic carbocycles. The largest absolute Gasteiger partial charge is 0.466 e. The maximum atomic E-state index is 13.2. The molecule has 9 heteroatoms. The standard InChI is InChI=1S/C28H34N2O7/c1-2-3-16-35-25(31)18-23(30-28(34)36-19-21-12-8-5-9-13-21)26(32)29-24(27(33)37-22-14-15-22)17-20-10-6-4-7-11-20/h4-13,22-24H,2-3,14-19H2,1H3,(H,29,32)(H,30,34)/t23-,24-/m0/s1. The van der Waals surface area contributed by atoms with Gasteiger partial charge in [0.2, 0.25) is 5.91 Å². The van der Waals surface area contributed by atoms with Crippen molar-refractivity contribution >= 4 is 23.9 Å². The number of esters is 2. The smallest absolute Gasteiger partial charge is 0.408 e. The normalized spacial score (nSPS) is 14.1. The molecule has 2 N–H and O–H groups in total. The van der Waals surface area contributed by atoms with Crippen LogP contribution in [0.5, 0.6) is 0 Å². The van der Waals surface area contributed by atoms with E-state index in [0.717, 1.165) is 30.4 Å². The topological polar surface area (TPSA) is 120 Å². The fourth-order valence-electron chi connectivity index (χ4n) is 3.42. The predicted octanol–water partition coefficient (Wildman–Crippen LogP) is 3.45. The second kappa shape index (κ2) is 14.6. The number of carbonyl (C=O) groups excluding carboxylic acids is 4. The third-order valence-electron chi connectivity index (χ3n) is 5.64. The first kappa shape index (κ1) is 27.7. The van der Waals surface area contributed by atoms with E-state index in [1.807, 2.05) is 55.5 Å². The number of hydrogen-bond donors (Lipinski definition) is 2. The van der Waals surface area contributed by atoms with Crippen LogP contribution in [0, 0.1) is 0 Å². The first-order valence-electron chi connectivity index (χ1n) is 12.6. The number of carbonyl (C=O) groups is 4. The molecule has 2 atom stereocenters. The quantitative estimate of drug-likeness (QED) is 0.227. The lowest BCUT2D eigenvalue weighted by Gasteiger charge is -2.22. The second-order valence-corrected chi connectivity index (χ2v) is 8.92. The molecular formula is C28H34N2O7. The van der Waals surface area contributed by atoms with E-state index in [1.165, 1.54) is 0 Å². The molecule has 0 aliphatic heterocycles. The van der Waals surface area contributed by atoms with E-state index >= 15 is 0 Å². The molecule has 0 radical (unpaired) electrons. The maximum absolute atomic E-state index is 13.2. The van der Waals surface area contributed by atoms with Crippen LogP contribution in [-0.2, 0) is 41.6 Å². The number of benzene rings is 2. The first-order valence-corrected chi connectivity index (χ1v) is 12.6. The van der Waals surface area contributed by atoms with Crippen LogP contribution in [0.15, 0.2) is 60.7 Å². The number of nitrogens with one attached hydrogen (secondary N) is 2. The molecule has 0 spiro atoms. The van der Waals surface area contributed by atoms with Crippen LogP contribution in [0.1, 0.15) is 50.2 Å². The van der Waals surface area contributed by atoms with Gasteiger partial charge in [0.05, 0.1) is 13.0 Å². The van der Waals surface area contributed by atoms with Crippen LogP contribution >= 0.6 is 0 Å². The summed E-state index contributed by atoms with van der Waals surface area (Å²) in [5.74, 6) is -1.91. The number of rotatable bonds is 14. The summed E-state index contributed by atoms with van der Waals surface area (Å²) in [7, 11) is 0. The van der Waals surface area contributed by atoms with Gasteiger partial charge in [0.1, 0.15) is 24.8 Å². The van der Waals surface area contributed by atoms with Gasteiger partial charge in [0.15, 0.2) is 0 Å². The van der Waals surface area contributed by atoms with Gasteiger partial charge in [-0.1, -0.05) is 74.0 Å². The Kier molecular flexibility index (Phi) is 10.9. The second-order valence-electron chi connectivity index (χ2n) is 8.92. The van der Waals surface area contributed by atoms with Gasteiger partial charge in [-0.25, -0.2) is 9.59 Å². The van der Waals surface area contributed by atoms with Crippen LogP contribution in [0.2, 0.25) is 0 Å². The number of alkyl carbamates (subject to hydrolysis) is 1. The summed E-state index contributed by atoms with van der Waals surface area (Å²) >= 11 is 0. The minimum Gasteiger partial charge on any atom is -0.466 e. The zero-order valence-electron chi connectivity index (χ0n) is 21.0. The molecule has 198 valence electrons. The molecule has 1 aliphatic rings. The van der Waals surface area contributed by atoms with Crippen LogP contribution in [-0.4, -0.2) is 48.7 Å². The fraction of sp³-hybridized carbons (Fsp3) is 0.429. The van der Waals surface area contributed by atoms with Crippen LogP contribution < -0.4 is 10.6 Å². The molecular weight excluding hydrogens is 476 g/mol. The third-order valence-corrected chi connectivity index (χ3v) is 5.64. The zero-order valence-corrected chi connectivity index (χ0v) is 21.0. The maximum Gasteiger partial charge on any atom is 0.408 e. The van der Waals surface area contributed by atoms with E-state index in [2.05, 4.69) is 10.6 Å². The third kappa shape index (κ3) is 10.3. The lowest BCUT2D eigenvalue weighted by atomic mass is 10.0. The first-order chi connectivity index (χ1) is 17.9. The summed E-state index contributed by atoms with van der Waals surface area (Å²) in [4.78, 5) is 50.9. The van der Waals surface area contributed by atoms with Crippen molar-refractivity contribution < 1.29 is 33.4 Å². The highest BCUT2D eigenvalue weighted by molar-refractivity contribution is 5.92. The summed E-state index contributed by atoms with van der Waals surface area (Å²) in [5.41, 5.74) is 1.59. The highest BCUT2D eigenvalue weighted by atomic mass is 16.6. The SMILES string of the molecule is CCCCOC(=O)C[C@H](NC(=O)OCc1ccccc1)C(=O)N[C@@H](Cc1ccccc1)C(=O)OC1CC1. The van der Waals surface area contributed by atoms with E-state index in [1.54, 1.807) is 12.1 Å². The molecule has 2 amide bonds. The van der Waals surface area contributed by atoms with Gasteiger partial charge in [-0.3, -0.25) is 9.59 Å². The summed E-state index contributed by atoms with van der Waals surface area (Å²) in [6, 6.07) is 16.0. The molecule has 0 unspecified atom stereocenters. The number of unbranched alkanes of at least 4 members (excludes halogenated alkanes) is 1. The average Bonchev–Trinajstić information content (AvgIpc) is 3.72. The van der Waals surface area contributed by atoms with E-state index < -0.39 is 42.4 Å². The van der Waals surface area contributed by atoms with Gasteiger partial charge < -0.3 is 24.8 Å². The van der Waals surface area contributed by atoms with Crippen molar-refractivity contribution in [1.29, 1.82) is 0 Å². The lowest BCUT2D eigenvalue weighted by Crippen LogP contribution is -2.53. The van der Waals surface area contributed by atoms with Crippen molar-refractivity contribution in [3.05, 3.63) is 71.8 Å². The molecule has 9 nitrogen and oxygen atoms in total. The van der Waals surface area contributed by atoms with Crippen molar-refractivity contribution in [2.45, 2.75) is 70.2 Å². The summed E-state index contributed by atoms with van der Waals surface area (Å²) in [6.45, 7) is 2.17. The molecule has 2 aromatic carbocycles. The van der Waals surface area contributed by atoms with E-state index in [9.17, 15) is 19.2 Å². The summed E-state index contributed by atoms with van der Waals surface area (Å²) in [6.07, 6.45) is 1.88. The predicted molar refractivity (Wildman–Crippen MR) is 135 cm³/mol. The molecule has 3 rings (SSSR count). The van der Waals surface area contributed by atoms with Gasteiger partial charge in [0, 0.05) is 6.42 Å². The van der Waals surface area contributed by atoms with Crippen molar-refractivity contribution in [3.63, 3.8) is 0 Å². The molecule has 2 aromatic rings. The van der Waals surface area contributed by atoms with Crippen molar-refractivity contribution in [2.75, 3.05) is 6.61 Å². The Bertz CT molecular complexity index is 1030. The summed E-state index contributed by atoms with van der Waals surface area (Å²) < 4.78 is 15.8. The Morgan fingerprint density at radius 1 is 0.865 bits per heavy atom. The van der Waals surface area contributed by atoms with Crippen LogP contribution in [0.25, 0.3) is 0 Å². The average molecular weight is 511 g/mol. The van der Waals surface area contributed by atoms with Gasteiger partial charge in [-0.05, 0) is 30.4 Å². The highest BCUT2D eigenvalue weighted by Crippen LogP contribution is 2.24. The number of hydrogen-bond acceptors (Lipinski definition) is 7. The molecule has 1 fully saturated rings. The van der Waals surface area contributed by atoms with Gasteiger partial charge >= 0.3 is 18.0 Å². The molecule has 0 saturated heterocycles. The lowest BCUT2D eigenvalue weighted by molar-refractivity contribution is -0.149. The molecule has 0 heterocycles. The molecule has 37 heavy (non-hydrogen) atoms. The van der Waals surface area contributed by atoms with Crippen molar-refractivity contribution in [1.82, 2.24) is 10.6 Å².